The Kier molecular flexibility index (Phi) is 5.96. The van der Waals surface area contributed by atoms with Crippen molar-refractivity contribution >= 4 is 15.9 Å². The summed E-state index contributed by atoms with van der Waals surface area (Å²) in [4.78, 5) is 0. The number of hydrogen-bond donors (Lipinski definition) is 0. The van der Waals surface area contributed by atoms with E-state index < -0.39 is 0 Å². The van der Waals surface area contributed by atoms with Gasteiger partial charge in [-0.25, -0.2) is 0 Å². The van der Waals surface area contributed by atoms with Crippen molar-refractivity contribution in [3.63, 3.8) is 0 Å². The van der Waals surface area contributed by atoms with Crippen LogP contribution in [0.1, 0.15) is 19.4 Å². The highest BCUT2D eigenvalue weighted by atomic mass is 79.9. The van der Waals surface area contributed by atoms with Crippen LogP contribution in [0, 0.1) is 11.3 Å². The highest BCUT2D eigenvalue weighted by Crippen LogP contribution is 2.29. The zero-order chi connectivity index (χ0) is 13.4. The first-order valence-electron chi connectivity index (χ1n) is 5.72. The van der Waals surface area contributed by atoms with Crippen LogP contribution in [0.2, 0.25) is 0 Å². The standard InChI is InChI=1S/C13H8BrNO.C2H6/c14-12-3-1-2-4-13(12)16-11-7-5-10(9-15)6-8-11;1-2/h1-8H;1-2H3. The lowest BCUT2D eigenvalue weighted by atomic mass is 10.2. The summed E-state index contributed by atoms with van der Waals surface area (Å²) in [6.07, 6.45) is 0. The fourth-order valence-electron chi connectivity index (χ4n) is 1.25. The van der Waals surface area contributed by atoms with E-state index in [1.807, 2.05) is 38.1 Å². The van der Waals surface area contributed by atoms with Crippen molar-refractivity contribution in [3.8, 4) is 17.6 Å². The summed E-state index contributed by atoms with van der Waals surface area (Å²) >= 11 is 3.40. The highest BCUT2D eigenvalue weighted by molar-refractivity contribution is 9.10. The molecule has 3 heteroatoms. The number of nitriles is 1. The molecule has 2 aromatic carbocycles. The molecule has 0 saturated carbocycles. The second-order valence-corrected chi connectivity index (χ2v) is 4.02. The number of ether oxygens (including phenoxy) is 1. The third kappa shape index (κ3) is 3.90. The predicted octanol–water partition coefficient (Wildman–Crippen LogP) is 5.14. The minimum Gasteiger partial charge on any atom is -0.456 e. The Morgan fingerprint density at radius 2 is 1.61 bits per heavy atom. The minimum atomic E-state index is 0.625. The Morgan fingerprint density at radius 1 is 1.00 bits per heavy atom. The topological polar surface area (TPSA) is 33.0 Å². The van der Waals surface area contributed by atoms with Gasteiger partial charge in [-0.1, -0.05) is 26.0 Å². The number of hydrogen-bond acceptors (Lipinski definition) is 2. The number of halogens is 1. The van der Waals surface area contributed by atoms with Gasteiger partial charge in [-0.3, -0.25) is 0 Å². The molecule has 0 aliphatic heterocycles. The molecule has 0 bridgehead atoms. The molecule has 0 heterocycles. The van der Waals surface area contributed by atoms with E-state index >= 15 is 0 Å². The molecule has 92 valence electrons. The van der Waals surface area contributed by atoms with Crippen LogP contribution in [-0.4, -0.2) is 0 Å². The van der Waals surface area contributed by atoms with Crippen LogP contribution in [0.25, 0.3) is 0 Å². The second-order valence-electron chi connectivity index (χ2n) is 3.17. The summed E-state index contributed by atoms with van der Waals surface area (Å²) in [5.41, 5.74) is 0.625. The van der Waals surface area contributed by atoms with Crippen molar-refractivity contribution in [2.75, 3.05) is 0 Å². The Labute approximate surface area is 116 Å². The van der Waals surface area contributed by atoms with Crippen LogP contribution in [0.15, 0.2) is 53.0 Å². The van der Waals surface area contributed by atoms with Gasteiger partial charge in [0, 0.05) is 0 Å². The van der Waals surface area contributed by atoms with Gasteiger partial charge in [-0.2, -0.15) is 5.26 Å². The molecule has 0 N–H and O–H groups in total. The highest BCUT2D eigenvalue weighted by Gasteiger charge is 2.01. The number of benzene rings is 2. The molecule has 0 saturated heterocycles. The average molecular weight is 304 g/mol. The minimum absolute atomic E-state index is 0.625. The Bertz CT molecular complexity index is 529. The van der Waals surface area contributed by atoms with E-state index in [1.165, 1.54) is 0 Å². The van der Waals surface area contributed by atoms with Crippen molar-refractivity contribution in [1.29, 1.82) is 5.26 Å². The molecule has 0 fully saturated rings. The van der Waals surface area contributed by atoms with Gasteiger partial charge in [0.15, 0.2) is 0 Å². The number of para-hydroxylation sites is 1. The van der Waals surface area contributed by atoms with Crippen LogP contribution in [0.3, 0.4) is 0 Å². The van der Waals surface area contributed by atoms with E-state index in [4.69, 9.17) is 10.00 Å². The van der Waals surface area contributed by atoms with E-state index in [-0.39, 0.29) is 0 Å². The van der Waals surface area contributed by atoms with Crippen molar-refractivity contribution < 1.29 is 4.74 Å². The Morgan fingerprint density at radius 3 is 2.17 bits per heavy atom. The molecule has 0 aliphatic carbocycles. The molecule has 0 spiro atoms. The molecule has 0 aromatic heterocycles. The van der Waals surface area contributed by atoms with E-state index in [2.05, 4.69) is 22.0 Å². The van der Waals surface area contributed by atoms with Gasteiger partial charge in [-0.05, 0) is 52.3 Å². The first kappa shape index (κ1) is 14.3. The SMILES string of the molecule is CC.N#Cc1ccc(Oc2ccccc2Br)cc1. The summed E-state index contributed by atoms with van der Waals surface area (Å²) in [6, 6.07) is 16.7. The molecule has 2 aromatic rings. The normalized spacial score (nSPS) is 8.78. The molecule has 0 amide bonds. The number of nitrogens with zero attached hydrogens (tertiary/aromatic N) is 1. The van der Waals surface area contributed by atoms with Crippen molar-refractivity contribution in [2.45, 2.75) is 13.8 Å². The van der Waals surface area contributed by atoms with E-state index in [0.717, 1.165) is 10.2 Å². The average Bonchev–Trinajstić information content (AvgIpc) is 2.44. The van der Waals surface area contributed by atoms with Gasteiger partial charge in [0.1, 0.15) is 11.5 Å². The van der Waals surface area contributed by atoms with Crippen LogP contribution in [-0.2, 0) is 0 Å². The lowest BCUT2D eigenvalue weighted by Gasteiger charge is -2.06. The maximum Gasteiger partial charge on any atom is 0.141 e. The van der Waals surface area contributed by atoms with Gasteiger partial charge in [0.2, 0.25) is 0 Å². The number of rotatable bonds is 2. The maximum atomic E-state index is 8.66. The van der Waals surface area contributed by atoms with Crippen LogP contribution in [0.4, 0.5) is 0 Å². The largest absolute Gasteiger partial charge is 0.456 e. The summed E-state index contributed by atoms with van der Waals surface area (Å²) in [5.74, 6) is 1.47. The van der Waals surface area contributed by atoms with E-state index in [1.54, 1.807) is 24.3 Å². The predicted molar refractivity (Wildman–Crippen MR) is 76.7 cm³/mol. The third-order valence-electron chi connectivity index (χ3n) is 2.05. The molecule has 0 unspecified atom stereocenters. The molecule has 0 atom stereocenters. The molecule has 0 aliphatic rings. The molecule has 0 radical (unpaired) electrons. The molecule has 2 nitrogen and oxygen atoms in total. The van der Waals surface area contributed by atoms with Gasteiger partial charge in [-0.15, -0.1) is 0 Å². The zero-order valence-corrected chi connectivity index (χ0v) is 11.9. The zero-order valence-electron chi connectivity index (χ0n) is 10.4. The summed E-state index contributed by atoms with van der Waals surface area (Å²) in [5, 5.41) is 8.66. The Hall–Kier alpha value is -1.79. The smallest absolute Gasteiger partial charge is 0.141 e. The second kappa shape index (κ2) is 7.52. The van der Waals surface area contributed by atoms with Crippen molar-refractivity contribution in [3.05, 3.63) is 58.6 Å². The maximum absolute atomic E-state index is 8.66. The summed E-state index contributed by atoms with van der Waals surface area (Å²) < 4.78 is 6.55. The first-order chi connectivity index (χ1) is 8.79. The van der Waals surface area contributed by atoms with Gasteiger partial charge < -0.3 is 4.74 Å². The first-order valence-corrected chi connectivity index (χ1v) is 6.51. The van der Waals surface area contributed by atoms with E-state index in [0.29, 0.717) is 11.3 Å². The summed E-state index contributed by atoms with van der Waals surface area (Å²) in [6.45, 7) is 4.00. The summed E-state index contributed by atoms with van der Waals surface area (Å²) in [7, 11) is 0. The lowest BCUT2D eigenvalue weighted by Crippen LogP contribution is -1.85. The van der Waals surface area contributed by atoms with Gasteiger partial charge in [0.25, 0.3) is 0 Å². The molecule has 2 rings (SSSR count). The van der Waals surface area contributed by atoms with Crippen molar-refractivity contribution in [1.82, 2.24) is 0 Å². The van der Waals surface area contributed by atoms with Crippen LogP contribution >= 0.6 is 15.9 Å². The van der Waals surface area contributed by atoms with E-state index in [9.17, 15) is 0 Å². The van der Waals surface area contributed by atoms with Crippen molar-refractivity contribution in [2.24, 2.45) is 0 Å². The Balaban J connectivity index is 0.000000771. The van der Waals surface area contributed by atoms with Gasteiger partial charge >= 0.3 is 0 Å². The fraction of sp³-hybridized carbons (Fsp3) is 0.133. The monoisotopic (exact) mass is 303 g/mol. The third-order valence-corrected chi connectivity index (χ3v) is 2.70. The lowest BCUT2D eigenvalue weighted by molar-refractivity contribution is 0.479. The quantitative estimate of drug-likeness (QED) is 0.769. The fourth-order valence-corrected chi connectivity index (χ4v) is 1.62. The van der Waals surface area contributed by atoms with Crippen LogP contribution < -0.4 is 4.74 Å². The van der Waals surface area contributed by atoms with Gasteiger partial charge in [0.05, 0.1) is 16.1 Å². The molecular formula is C15H14BrNO. The molecular weight excluding hydrogens is 290 g/mol. The molecule has 18 heavy (non-hydrogen) atoms. The van der Waals surface area contributed by atoms with Crippen LogP contribution in [0.5, 0.6) is 11.5 Å².